The second-order valence-corrected chi connectivity index (χ2v) is 14.0. The minimum Gasteiger partial charge on any atom is -0.447 e. The van der Waals surface area contributed by atoms with E-state index in [1.807, 2.05) is 43.8 Å². The summed E-state index contributed by atoms with van der Waals surface area (Å²) in [7, 11) is 0. The van der Waals surface area contributed by atoms with E-state index in [0.29, 0.717) is 11.6 Å². The van der Waals surface area contributed by atoms with Gasteiger partial charge >= 0.3 is 18.8 Å². The van der Waals surface area contributed by atoms with Gasteiger partial charge in [-0.2, -0.15) is 32.2 Å². The molecule has 1 fully saturated rings. The predicted molar refractivity (Wildman–Crippen MR) is 186 cm³/mol. The molecule has 2 aromatic carbocycles. The number of aliphatic imine (C=N–C) groups is 2. The summed E-state index contributed by atoms with van der Waals surface area (Å²) in [6, 6.07) is 9.99. The third kappa shape index (κ3) is 8.69. The van der Waals surface area contributed by atoms with Crippen molar-refractivity contribution in [1.82, 2.24) is 20.0 Å². The number of carbonyl (C=O) groups excluding carboxylic acids is 2. The molecule has 1 aromatic heterocycles. The van der Waals surface area contributed by atoms with Crippen molar-refractivity contribution in [3.05, 3.63) is 71.0 Å². The smallest absolute Gasteiger partial charge is 0.407 e. The molecule has 1 aliphatic carbocycles. The van der Waals surface area contributed by atoms with Crippen LogP contribution in [0.1, 0.15) is 63.2 Å². The van der Waals surface area contributed by atoms with Gasteiger partial charge in [-0.1, -0.05) is 62.7 Å². The van der Waals surface area contributed by atoms with Gasteiger partial charge in [-0.05, 0) is 60.2 Å². The SMILES string of the molecule is C=N/C=N\N(c1cc([C@@H](COC(=O)NCC(F)(F)F)N2C(=O)[C@@](CC(C)(C)C)(c3ccc(-c4cnn(C5CC5)c4)cc3)N=C2N)ccc1Cl)C(F)F. The molecule has 2 atom stereocenters. The third-order valence-electron chi connectivity index (χ3n) is 8.29. The van der Waals surface area contributed by atoms with E-state index in [2.05, 4.69) is 21.9 Å². The van der Waals surface area contributed by atoms with Crippen LogP contribution in [0, 0.1) is 5.41 Å². The van der Waals surface area contributed by atoms with Crippen LogP contribution in [-0.2, 0) is 15.1 Å². The number of amides is 2. The fourth-order valence-electron chi connectivity index (χ4n) is 5.96. The van der Waals surface area contributed by atoms with Gasteiger partial charge in [0.2, 0.25) is 0 Å². The molecule has 2 amide bonds. The number of hydrazone groups is 1. The number of halogens is 6. The lowest BCUT2D eigenvalue weighted by Crippen LogP contribution is -2.47. The van der Waals surface area contributed by atoms with Gasteiger partial charge in [0.15, 0.2) is 11.5 Å². The summed E-state index contributed by atoms with van der Waals surface area (Å²) in [6.07, 6.45) is 0.604. The van der Waals surface area contributed by atoms with Crippen molar-refractivity contribution in [2.75, 3.05) is 18.2 Å². The number of guanidine groups is 1. The van der Waals surface area contributed by atoms with Crippen LogP contribution in [0.15, 0.2) is 69.9 Å². The summed E-state index contributed by atoms with van der Waals surface area (Å²) in [5.74, 6) is -0.945. The Balaban J connectivity index is 1.55. The Morgan fingerprint density at radius 2 is 1.88 bits per heavy atom. The molecule has 0 bridgehead atoms. The lowest BCUT2D eigenvalue weighted by atomic mass is 9.75. The molecule has 2 aliphatic rings. The van der Waals surface area contributed by atoms with E-state index < -0.39 is 54.9 Å². The molecule has 0 radical (unpaired) electrons. The Bertz CT molecular complexity index is 1860. The first kappa shape index (κ1) is 38.2. The molecule has 0 saturated heterocycles. The fraction of sp³-hybridized carbons (Fsp3) is 0.412. The predicted octanol–water partition coefficient (Wildman–Crippen LogP) is 7.03. The Morgan fingerprint density at radius 1 is 1.19 bits per heavy atom. The molecule has 5 rings (SSSR count). The molecule has 18 heteroatoms. The van der Waals surface area contributed by atoms with Gasteiger partial charge in [0.05, 0.1) is 29.0 Å². The van der Waals surface area contributed by atoms with Crippen LogP contribution < -0.4 is 16.1 Å². The van der Waals surface area contributed by atoms with Gasteiger partial charge in [0, 0.05) is 11.8 Å². The molecule has 0 unspecified atom stereocenters. The average molecular weight is 750 g/mol. The maximum atomic E-state index is 14.8. The van der Waals surface area contributed by atoms with E-state index in [1.54, 1.807) is 23.6 Å². The first-order valence-corrected chi connectivity index (χ1v) is 16.5. The van der Waals surface area contributed by atoms with Crippen molar-refractivity contribution >= 4 is 48.3 Å². The highest BCUT2D eigenvalue weighted by Gasteiger charge is 2.53. The maximum Gasteiger partial charge on any atom is 0.407 e. The minimum atomic E-state index is -4.73. The van der Waals surface area contributed by atoms with Gasteiger partial charge in [-0.15, -0.1) is 0 Å². The van der Waals surface area contributed by atoms with Gasteiger partial charge in [0.1, 0.15) is 19.5 Å². The number of rotatable bonds is 13. The number of ether oxygens (including phenoxy) is 1. The van der Waals surface area contributed by atoms with Crippen molar-refractivity contribution < 1.29 is 36.3 Å². The number of carbonyl (C=O) groups is 2. The molecule has 0 spiro atoms. The largest absolute Gasteiger partial charge is 0.447 e. The summed E-state index contributed by atoms with van der Waals surface area (Å²) in [5, 5.41) is 9.70. The summed E-state index contributed by atoms with van der Waals surface area (Å²) in [4.78, 5) is 36.3. The number of anilines is 1. The molecule has 52 heavy (non-hydrogen) atoms. The number of nitrogens with two attached hydrogens (primary N) is 1. The maximum absolute atomic E-state index is 14.8. The van der Waals surface area contributed by atoms with Gasteiger partial charge < -0.3 is 15.8 Å². The summed E-state index contributed by atoms with van der Waals surface area (Å²) < 4.78 is 73.8. The van der Waals surface area contributed by atoms with E-state index in [1.165, 1.54) is 12.1 Å². The van der Waals surface area contributed by atoms with Crippen LogP contribution in [0.2, 0.25) is 5.02 Å². The average Bonchev–Trinajstić information content (AvgIpc) is 3.74. The Labute approximate surface area is 301 Å². The van der Waals surface area contributed by atoms with Crippen LogP contribution in [-0.4, -0.2) is 71.6 Å². The molecule has 2 heterocycles. The Kier molecular flexibility index (Phi) is 10.9. The standard InChI is InChI=1S/C34H37ClF5N9O3/c1-32(2,3)17-33(23-8-5-20(6-9-23)22-14-44-47(15-22)24-10-11-24)28(50)48(30(41)46-33)27(16-52-31(51)43-18-34(38,39)40)21-7-12-25(35)26(13-21)49(29(36)37)45-19-42-4/h5-9,12-15,19,24,27,29H,4,10-11,16-18H2,1-3H3,(H2,41,46)(H,43,51)/b45-19-/t27-,33-/m1/s1. The van der Waals surface area contributed by atoms with Crippen molar-refractivity contribution in [2.45, 2.75) is 70.4 Å². The fourth-order valence-corrected chi connectivity index (χ4v) is 6.16. The van der Waals surface area contributed by atoms with E-state index in [4.69, 9.17) is 27.1 Å². The molecular weight excluding hydrogens is 713 g/mol. The first-order valence-electron chi connectivity index (χ1n) is 16.1. The number of benzene rings is 2. The minimum absolute atomic E-state index is 0.0662. The number of nitrogens with one attached hydrogen (secondary N) is 1. The quantitative estimate of drug-likeness (QED) is 0.0632. The second-order valence-electron chi connectivity index (χ2n) is 13.6. The Hall–Kier alpha value is -5.06. The lowest BCUT2D eigenvalue weighted by molar-refractivity contribution is -0.135. The zero-order valence-electron chi connectivity index (χ0n) is 28.4. The first-order chi connectivity index (χ1) is 24.4. The topological polar surface area (TPSA) is 143 Å². The molecule has 3 N–H and O–H groups in total. The van der Waals surface area contributed by atoms with Crippen LogP contribution in [0.3, 0.4) is 0 Å². The highest BCUT2D eigenvalue weighted by atomic mass is 35.5. The number of alkyl carbamates (subject to hydrolysis) is 1. The van der Waals surface area contributed by atoms with Gasteiger partial charge in [-0.25, -0.2) is 14.8 Å². The Morgan fingerprint density at radius 3 is 2.48 bits per heavy atom. The van der Waals surface area contributed by atoms with E-state index in [0.717, 1.165) is 41.3 Å². The molecule has 1 saturated carbocycles. The molecule has 278 valence electrons. The van der Waals surface area contributed by atoms with E-state index >= 15 is 0 Å². The number of nitrogens with zero attached hydrogens (tertiary/aromatic N) is 7. The molecule has 1 aliphatic heterocycles. The number of hydrogen-bond acceptors (Lipinski definition) is 8. The highest BCUT2D eigenvalue weighted by molar-refractivity contribution is 6.33. The summed E-state index contributed by atoms with van der Waals surface area (Å²) >= 11 is 6.29. The van der Waals surface area contributed by atoms with Crippen LogP contribution >= 0.6 is 11.6 Å². The molecular formula is C34H37ClF5N9O3. The summed E-state index contributed by atoms with van der Waals surface area (Å²) in [6.45, 7) is 3.26. The molecule has 3 aromatic rings. The highest BCUT2D eigenvalue weighted by Crippen LogP contribution is 2.46. The summed E-state index contributed by atoms with van der Waals surface area (Å²) in [5.41, 5.74) is 6.36. The lowest BCUT2D eigenvalue weighted by Gasteiger charge is -2.35. The van der Waals surface area contributed by atoms with Crippen molar-refractivity contribution in [1.29, 1.82) is 0 Å². The van der Waals surface area contributed by atoms with Crippen LogP contribution in [0.4, 0.5) is 32.4 Å². The zero-order valence-corrected chi connectivity index (χ0v) is 29.2. The third-order valence-corrected chi connectivity index (χ3v) is 8.61. The zero-order chi connectivity index (χ0) is 38.0. The van der Waals surface area contributed by atoms with E-state index in [-0.39, 0.29) is 33.7 Å². The van der Waals surface area contributed by atoms with Gasteiger partial charge in [-0.3, -0.25) is 19.4 Å². The van der Waals surface area contributed by atoms with Crippen LogP contribution in [0.5, 0.6) is 0 Å². The second kappa shape index (κ2) is 14.9. The van der Waals surface area contributed by atoms with Crippen molar-refractivity contribution in [3.63, 3.8) is 0 Å². The molecule has 12 nitrogen and oxygen atoms in total. The number of hydrogen-bond donors (Lipinski definition) is 2. The number of aromatic nitrogens is 2. The van der Waals surface area contributed by atoms with Crippen molar-refractivity contribution in [2.24, 2.45) is 26.2 Å². The number of alkyl halides is 5. The van der Waals surface area contributed by atoms with Gasteiger partial charge in [0.25, 0.3) is 5.91 Å². The van der Waals surface area contributed by atoms with E-state index in [9.17, 15) is 31.5 Å². The normalized spacial score (nSPS) is 18.5. The van der Waals surface area contributed by atoms with Crippen molar-refractivity contribution in [3.8, 4) is 11.1 Å². The monoisotopic (exact) mass is 749 g/mol. The van der Waals surface area contributed by atoms with Crippen LogP contribution in [0.25, 0.3) is 11.1 Å².